The Morgan fingerprint density at radius 1 is 1.00 bits per heavy atom. The first-order valence-electron chi connectivity index (χ1n) is 6.53. The van der Waals surface area contributed by atoms with Gasteiger partial charge in [-0.3, -0.25) is 4.79 Å². The van der Waals surface area contributed by atoms with Gasteiger partial charge in [0.05, 0.1) is 19.2 Å². The van der Waals surface area contributed by atoms with Crippen molar-refractivity contribution in [1.29, 1.82) is 0 Å². The zero-order valence-electron chi connectivity index (χ0n) is 11.1. The summed E-state index contributed by atoms with van der Waals surface area (Å²) in [6.45, 7) is 0.0500. The van der Waals surface area contributed by atoms with E-state index in [1.807, 2.05) is 60.7 Å². The van der Waals surface area contributed by atoms with E-state index in [1.165, 1.54) is 0 Å². The van der Waals surface area contributed by atoms with Crippen molar-refractivity contribution in [1.82, 2.24) is 5.32 Å². The van der Waals surface area contributed by atoms with E-state index in [2.05, 4.69) is 10.6 Å². The standard InChI is InChI=1S/C16H18N2O2/c19-12-15(13-7-3-1-4-8-13)18-16(20)11-17-14-9-5-2-6-10-14/h1-10,15,17,19H,11-12H2,(H,18,20). The third-order valence-electron chi connectivity index (χ3n) is 2.95. The van der Waals surface area contributed by atoms with Crippen LogP contribution in [-0.2, 0) is 4.79 Å². The van der Waals surface area contributed by atoms with Gasteiger partial charge in [-0.25, -0.2) is 0 Å². The number of aliphatic hydroxyl groups is 1. The summed E-state index contributed by atoms with van der Waals surface area (Å²) in [6, 6.07) is 18.6. The molecule has 4 heteroatoms. The summed E-state index contributed by atoms with van der Waals surface area (Å²) in [5.74, 6) is -0.156. The fourth-order valence-corrected chi connectivity index (χ4v) is 1.90. The average Bonchev–Trinajstić information content (AvgIpc) is 2.52. The fourth-order valence-electron chi connectivity index (χ4n) is 1.90. The molecular formula is C16H18N2O2. The molecule has 1 amide bonds. The van der Waals surface area contributed by atoms with Gasteiger partial charge in [0.15, 0.2) is 0 Å². The Bertz CT molecular complexity index is 529. The predicted molar refractivity (Wildman–Crippen MR) is 79.3 cm³/mol. The van der Waals surface area contributed by atoms with Gasteiger partial charge in [0, 0.05) is 5.69 Å². The maximum atomic E-state index is 11.9. The van der Waals surface area contributed by atoms with Gasteiger partial charge in [0.1, 0.15) is 0 Å². The molecule has 0 aliphatic rings. The Hall–Kier alpha value is -2.33. The smallest absolute Gasteiger partial charge is 0.239 e. The zero-order chi connectivity index (χ0) is 14.2. The van der Waals surface area contributed by atoms with Crippen molar-refractivity contribution in [3.05, 3.63) is 66.2 Å². The highest BCUT2D eigenvalue weighted by Crippen LogP contribution is 2.11. The van der Waals surface area contributed by atoms with Crippen LogP contribution in [0.4, 0.5) is 5.69 Å². The van der Waals surface area contributed by atoms with Crippen LogP contribution in [0.5, 0.6) is 0 Å². The second-order valence-electron chi connectivity index (χ2n) is 4.43. The molecule has 0 saturated heterocycles. The molecule has 0 aliphatic carbocycles. The summed E-state index contributed by atoms with van der Waals surface area (Å²) in [6.07, 6.45) is 0. The summed E-state index contributed by atoms with van der Waals surface area (Å²) in [7, 11) is 0. The van der Waals surface area contributed by atoms with Crippen LogP contribution < -0.4 is 10.6 Å². The number of aliphatic hydroxyl groups excluding tert-OH is 1. The molecule has 0 saturated carbocycles. The Kier molecular flexibility index (Phi) is 5.15. The van der Waals surface area contributed by atoms with E-state index in [-0.39, 0.29) is 25.1 Å². The Morgan fingerprint density at radius 2 is 1.60 bits per heavy atom. The van der Waals surface area contributed by atoms with Gasteiger partial charge < -0.3 is 15.7 Å². The highest BCUT2D eigenvalue weighted by Gasteiger charge is 2.12. The number of hydrogen-bond donors (Lipinski definition) is 3. The van der Waals surface area contributed by atoms with E-state index in [4.69, 9.17) is 0 Å². The third kappa shape index (κ3) is 4.10. The molecule has 0 aliphatic heterocycles. The van der Waals surface area contributed by atoms with Crippen molar-refractivity contribution in [3.8, 4) is 0 Å². The molecular weight excluding hydrogens is 252 g/mol. The van der Waals surface area contributed by atoms with Gasteiger partial charge in [0.2, 0.25) is 5.91 Å². The van der Waals surface area contributed by atoms with Gasteiger partial charge >= 0.3 is 0 Å². The maximum Gasteiger partial charge on any atom is 0.239 e. The molecule has 3 N–H and O–H groups in total. The lowest BCUT2D eigenvalue weighted by molar-refractivity contribution is -0.120. The molecule has 2 aromatic rings. The first kappa shape index (κ1) is 14.1. The van der Waals surface area contributed by atoms with Crippen LogP contribution in [0, 0.1) is 0 Å². The highest BCUT2D eigenvalue weighted by molar-refractivity contribution is 5.81. The van der Waals surface area contributed by atoms with E-state index in [9.17, 15) is 9.90 Å². The molecule has 0 radical (unpaired) electrons. The van der Waals surface area contributed by atoms with Crippen LogP contribution in [0.2, 0.25) is 0 Å². The first-order chi connectivity index (χ1) is 9.79. The molecule has 1 atom stereocenters. The number of benzene rings is 2. The minimum atomic E-state index is -0.374. The second-order valence-corrected chi connectivity index (χ2v) is 4.43. The number of carbonyl (C=O) groups is 1. The van der Waals surface area contributed by atoms with Gasteiger partial charge in [-0.05, 0) is 17.7 Å². The highest BCUT2D eigenvalue weighted by atomic mass is 16.3. The van der Waals surface area contributed by atoms with Crippen LogP contribution in [0.15, 0.2) is 60.7 Å². The molecule has 4 nitrogen and oxygen atoms in total. The zero-order valence-corrected chi connectivity index (χ0v) is 11.1. The lowest BCUT2D eigenvalue weighted by atomic mass is 10.1. The van der Waals surface area contributed by atoms with E-state index in [1.54, 1.807) is 0 Å². The average molecular weight is 270 g/mol. The molecule has 0 spiro atoms. The summed E-state index contributed by atoms with van der Waals surface area (Å²) in [5.41, 5.74) is 1.78. The molecule has 0 bridgehead atoms. The number of para-hydroxylation sites is 1. The van der Waals surface area contributed by atoms with Gasteiger partial charge in [-0.2, -0.15) is 0 Å². The monoisotopic (exact) mass is 270 g/mol. The van der Waals surface area contributed by atoms with Crippen molar-refractivity contribution in [2.45, 2.75) is 6.04 Å². The number of amides is 1. The Morgan fingerprint density at radius 3 is 2.20 bits per heavy atom. The molecule has 0 fully saturated rings. The molecule has 0 heterocycles. The Balaban J connectivity index is 1.87. The van der Waals surface area contributed by atoms with Crippen molar-refractivity contribution in [3.63, 3.8) is 0 Å². The van der Waals surface area contributed by atoms with Crippen LogP contribution in [0.3, 0.4) is 0 Å². The van der Waals surface area contributed by atoms with E-state index in [0.29, 0.717) is 0 Å². The summed E-state index contributed by atoms with van der Waals surface area (Å²) in [5, 5.41) is 15.2. The van der Waals surface area contributed by atoms with Crippen LogP contribution in [-0.4, -0.2) is 24.2 Å². The predicted octanol–water partition coefficient (Wildman–Crippen LogP) is 1.95. The number of anilines is 1. The third-order valence-corrected chi connectivity index (χ3v) is 2.95. The van der Waals surface area contributed by atoms with Crippen molar-refractivity contribution < 1.29 is 9.90 Å². The molecule has 1 unspecified atom stereocenters. The summed E-state index contributed by atoms with van der Waals surface area (Å²) < 4.78 is 0. The number of rotatable bonds is 6. The van der Waals surface area contributed by atoms with Crippen molar-refractivity contribution in [2.24, 2.45) is 0 Å². The lowest BCUT2D eigenvalue weighted by Gasteiger charge is -2.17. The minimum Gasteiger partial charge on any atom is -0.394 e. The van der Waals surface area contributed by atoms with Gasteiger partial charge in [-0.15, -0.1) is 0 Å². The normalized spacial score (nSPS) is 11.7. The Labute approximate surface area is 118 Å². The topological polar surface area (TPSA) is 61.4 Å². The molecule has 104 valence electrons. The number of carbonyl (C=O) groups excluding carboxylic acids is 1. The molecule has 2 aromatic carbocycles. The van der Waals surface area contributed by atoms with E-state index in [0.717, 1.165) is 11.3 Å². The van der Waals surface area contributed by atoms with Crippen LogP contribution in [0.25, 0.3) is 0 Å². The maximum absolute atomic E-state index is 11.9. The SMILES string of the molecule is O=C(CNc1ccccc1)NC(CO)c1ccccc1. The van der Waals surface area contributed by atoms with Crippen molar-refractivity contribution in [2.75, 3.05) is 18.5 Å². The lowest BCUT2D eigenvalue weighted by Crippen LogP contribution is -2.35. The first-order valence-corrected chi connectivity index (χ1v) is 6.53. The van der Waals surface area contributed by atoms with Gasteiger partial charge in [0.25, 0.3) is 0 Å². The molecule has 0 aromatic heterocycles. The quantitative estimate of drug-likeness (QED) is 0.752. The number of hydrogen-bond acceptors (Lipinski definition) is 3. The minimum absolute atomic E-state index is 0.124. The number of nitrogens with one attached hydrogen (secondary N) is 2. The van der Waals surface area contributed by atoms with Crippen LogP contribution in [0.1, 0.15) is 11.6 Å². The van der Waals surface area contributed by atoms with E-state index < -0.39 is 0 Å². The molecule has 20 heavy (non-hydrogen) atoms. The van der Waals surface area contributed by atoms with E-state index >= 15 is 0 Å². The van der Waals surface area contributed by atoms with Gasteiger partial charge in [-0.1, -0.05) is 48.5 Å². The summed E-state index contributed by atoms with van der Waals surface area (Å²) in [4.78, 5) is 11.9. The van der Waals surface area contributed by atoms with Crippen molar-refractivity contribution >= 4 is 11.6 Å². The summed E-state index contributed by atoms with van der Waals surface area (Å²) >= 11 is 0. The van der Waals surface area contributed by atoms with Crippen LogP contribution >= 0.6 is 0 Å². The molecule has 2 rings (SSSR count). The second kappa shape index (κ2) is 7.31. The fraction of sp³-hybridized carbons (Fsp3) is 0.188. The largest absolute Gasteiger partial charge is 0.394 e.